The lowest BCUT2D eigenvalue weighted by atomic mass is 9.92. The lowest BCUT2D eigenvalue weighted by Gasteiger charge is -2.32. The second-order valence-electron chi connectivity index (χ2n) is 5.54. The van der Waals surface area contributed by atoms with Gasteiger partial charge in [-0.25, -0.2) is 4.98 Å². The van der Waals surface area contributed by atoms with Crippen molar-refractivity contribution < 1.29 is 4.79 Å². The number of H-pyrrole nitrogens is 1. The van der Waals surface area contributed by atoms with Crippen LogP contribution in [0.2, 0.25) is 0 Å². The molecule has 0 aliphatic carbocycles. The van der Waals surface area contributed by atoms with Crippen LogP contribution >= 0.6 is 11.3 Å². The van der Waals surface area contributed by atoms with Crippen LogP contribution in [-0.4, -0.2) is 46.1 Å². The Bertz CT molecular complexity index is 650. The van der Waals surface area contributed by atoms with E-state index in [2.05, 4.69) is 27.4 Å². The minimum absolute atomic E-state index is 0.0278. The summed E-state index contributed by atoms with van der Waals surface area (Å²) in [4.78, 5) is 18.9. The maximum atomic E-state index is 12.6. The number of hydrogen-bond acceptors (Lipinski definition) is 5. The molecule has 22 heavy (non-hydrogen) atoms. The summed E-state index contributed by atoms with van der Waals surface area (Å²) in [6.45, 7) is 3.67. The van der Waals surface area contributed by atoms with Gasteiger partial charge in [0.15, 0.2) is 5.13 Å². The summed E-state index contributed by atoms with van der Waals surface area (Å²) in [5.74, 6) is 0.373. The molecule has 1 fully saturated rings. The lowest BCUT2D eigenvalue weighted by molar-refractivity contribution is 0.0700. The van der Waals surface area contributed by atoms with E-state index in [0.717, 1.165) is 37.5 Å². The standard InChI is InChI=1S/C15H21N5OS/c1-3-10-7-17-19-13(10)11-5-4-6-20(8-11)14(21)12-9-22-15(16-2)18-12/h7,9,11H,3-6,8H2,1-2H3,(H,16,18)(H,17,19)/t11-/m0/s1. The Kier molecular flexibility index (Phi) is 4.42. The Morgan fingerprint density at radius 2 is 2.45 bits per heavy atom. The summed E-state index contributed by atoms with van der Waals surface area (Å²) >= 11 is 1.46. The average molecular weight is 319 g/mol. The molecule has 0 radical (unpaired) electrons. The highest BCUT2D eigenvalue weighted by Crippen LogP contribution is 2.29. The summed E-state index contributed by atoms with van der Waals surface area (Å²) in [6, 6.07) is 0. The van der Waals surface area contributed by atoms with E-state index in [9.17, 15) is 4.79 Å². The van der Waals surface area contributed by atoms with Crippen molar-refractivity contribution in [1.29, 1.82) is 0 Å². The van der Waals surface area contributed by atoms with E-state index in [1.54, 1.807) is 0 Å². The van der Waals surface area contributed by atoms with Gasteiger partial charge in [-0.1, -0.05) is 6.92 Å². The number of rotatable bonds is 4. The Labute approximate surface area is 133 Å². The largest absolute Gasteiger partial charge is 0.365 e. The average Bonchev–Trinajstić information content (AvgIpc) is 3.23. The molecule has 118 valence electrons. The summed E-state index contributed by atoms with van der Waals surface area (Å²) in [7, 11) is 1.81. The zero-order valence-electron chi connectivity index (χ0n) is 12.9. The van der Waals surface area contributed by atoms with Gasteiger partial charge < -0.3 is 10.2 Å². The number of piperidine rings is 1. The summed E-state index contributed by atoms with van der Waals surface area (Å²) in [5, 5.41) is 12.9. The van der Waals surface area contributed by atoms with Crippen LogP contribution in [0.4, 0.5) is 5.13 Å². The van der Waals surface area contributed by atoms with Gasteiger partial charge in [0.25, 0.3) is 5.91 Å². The van der Waals surface area contributed by atoms with Crippen molar-refractivity contribution >= 4 is 22.4 Å². The van der Waals surface area contributed by atoms with Crippen LogP contribution in [0, 0.1) is 0 Å². The van der Waals surface area contributed by atoms with E-state index in [0.29, 0.717) is 11.6 Å². The number of aryl methyl sites for hydroxylation is 1. The fraction of sp³-hybridized carbons (Fsp3) is 0.533. The molecule has 3 rings (SSSR count). The van der Waals surface area contributed by atoms with Crippen molar-refractivity contribution in [2.75, 3.05) is 25.5 Å². The molecule has 1 aliphatic rings. The monoisotopic (exact) mass is 319 g/mol. The molecule has 1 amide bonds. The van der Waals surface area contributed by atoms with Gasteiger partial charge in [-0.2, -0.15) is 5.10 Å². The number of carbonyl (C=O) groups excluding carboxylic acids is 1. The van der Waals surface area contributed by atoms with Crippen molar-refractivity contribution in [3.05, 3.63) is 28.5 Å². The molecule has 1 saturated heterocycles. The molecule has 6 nitrogen and oxygen atoms in total. The van der Waals surface area contributed by atoms with E-state index in [1.165, 1.54) is 22.6 Å². The van der Waals surface area contributed by atoms with Crippen molar-refractivity contribution in [1.82, 2.24) is 20.1 Å². The van der Waals surface area contributed by atoms with Crippen LogP contribution in [0.1, 0.15) is 47.4 Å². The van der Waals surface area contributed by atoms with Gasteiger partial charge in [-0.05, 0) is 24.8 Å². The maximum Gasteiger partial charge on any atom is 0.273 e. The number of nitrogens with one attached hydrogen (secondary N) is 2. The molecule has 1 atom stereocenters. The van der Waals surface area contributed by atoms with E-state index in [-0.39, 0.29) is 5.91 Å². The summed E-state index contributed by atoms with van der Waals surface area (Å²) in [5.41, 5.74) is 2.98. The van der Waals surface area contributed by atoms with E-state index >= 15 is 0 Å². The number of carbonyl (C=O) groups is 1. The van der Waals surface area contributed by atoms with Crippen molar-refractivity contribution in [2.45, 2.75) is 32.1 Å². The molecule has 0 spiro atoms. The molecule has 0 aromatic carbocycles. The first-order valence-corrected chi connectivity index (χ1v) is 8.55. The molecule has 1 aliphatic heterocycles. The van der Waals surface area contributed by atoms with Gasteiger partial charge in [-0.15, -0.1) is 11.3 Å². The summed E-state index contributed by atoms with van der Waals surface area (Å²) in [6.07, 6.45) is 4.98. The number of nitrogens with zero attached hydrogens (tertiary/aromatic N) is 3. The first kappa shape index (κ1) is 15.0. The van der Waals surface area contributed by atoms with Crippen molar-refractivity contribution in [2.24, 2.45) is 0 Å². The third-order valence-corrected chi connectivity index (χ3v) is 5.05. The van der Waals surface area contributed by atoms with Gasteiger partial charge >= 0.3 is 0 Å². The Morgan fingerprint density at radius 1 is 1.59 bits per heavy atom. The maximum absolute atomic E-state index is 12.6. The van der Waals surface area contributed by atoms with Gasteiger partial charge in [0.05, 0.1) is 6.20 Å². The highest BCUT2D eigenvalue weighted by molar-refractivity contribution is 7.13. The molecule has 7 heteroatoms. The number of hydrogen-bond donors (Lipinski definition) is 2. The predicted octanol–water partition coefficient (Wildman–Crippen LogP) is 2.49. The predicted molar refractivity (Wildman–Crippen MR) is 87.5 cm³/mol. The van der Waals surface area contributed by atoms with Crippen LogP contribution < -0.4 is 5.32 Å². The second kappa shape index (κ2) is 6.48. The van der Waals surface area contributed by atoms with Crippen LogP contribution in [0.15, 0.2) is 11.6 Å². The van der Waals surface area contributed by atoms with Gasteiger partial charge in [0, 0.05) is 37.1 Å². The highest BCUT2D eigenvalue weighted by atomic mass is 32.1. The smallest absolute Gasteiger partial charge is 0.273 e. The van der Waals surface area contributed by atoms with Crippen molar-refractivity contribution in [3.63, 3.8) is 0 Å². The molecule has 0 bridgehead atoms. The quantitative estimate of drug-likeness (QED) is 0.908. The number of aromatic nitrogens is 3. The first-order chi connectivity index (χ1) is 10.7. The molecule has 3 heterocycles. The molecule has 2 aromatic rings. The third-order valence-electron chi connectivity index (χ3n) is 4.19. The van der Waals surface area contributed by atoms with Crippen LogP contribution in [-0.2, 0) is 6.42 Å². The van der Waals surface area contributed by atoms with Gasteiger partial charge in [0.2, 0.25) is 0 Å². The van der Waals surface area contributed by atoms with E-state index in [1.807, 2.05) is 23.5 Å². The highest BCUT2D eigenvalue weighted by Gasteiger charge is 2.28. The van der Waals surface area contributed by atoms with Gasteiger partial charge in [-0.3, -0.25) is 9.89 Å². The zero-order chi connectivity index (χ0) is 15.5. The Balaban J connectivity index is 1.74. The third kappa shape index (κ3) is 2.85. The van der Waals surface area contributed by atoms with E-state index < -0.39 is 0 Å². The van der Waals surface area contributed by atoms with Crippen molar-refractivity contribution in [3.8, 4) is 0 Å². The first-order valence-electron chi connectivity index (χ1n) is 7.67. The summed E-state index contributed by atoms with van der Waals surface area (Å²) < 4.78 is 0. The Morgan fingerprint density at radius 3 is 3.18 bits per heavy atom. The zero-order valence-corrected chi connectivity index (χ0v) is 13.7. The van der Waals surface area contributed by atoms with Crippen LogP contribution in [0.5, 0.6) is 0 Å². The normalized spacial score (nSPS) is 18.5. The number of amides is 1. The number of thiazole rings is 1. The number of anilines is 1. The Hall–Kier alpha value is -1.89. The fourth-order valence-corrected chi connectivity index (χ4v) is 3.65. The van der Waals surface area contributed by atoms with Gasteiger partial charge in [0.1, 0.15) is 5.69 Å². The van der Waals surface area contributed by atoms with Crippen LogP contribution in [0.25, 0.3) is 0 Å². The molecule has 0 unspecified atom stereocenters. The molecular weight excluding hydrogens is 298 g/mol. The molecule has 2 N–H and O–H groups in total. The lowest BCUT2D eigenvalue weighted by Crippen LogP contribution is -2.39. The minimum atomic E-state index is 0.0278. The SMILES string of the molecule is CCc1cn[nH]c1[C@H]1CCCN(C(=O)c2csc(NC)n2)C1. The molecule has 2 aromatic heterocycles. The minimum Gasteiger partial charge on any atom is -0.365 e. The molecular formula is C15H21N5OS. The fourth-order valence-electron chi connectivity index (χ4n) is 3.00. The number of aromatic amines is 1. The topological polar surface area (TPSA) is 73.9 Å². The van der Waals surface area contributed by atoms with E-state index in [4.69, 9.17) is 0 Å². The second-order valence-corrected chi connectivity index (χ2v) is 6.40. The van der Waals surface area contributed by atoms with Crippen LogP contribution in [0.3, 0.4) is 0 Å². The molecule has 0 saturated carbocycles. The number of likely N-dealkylation sites (tertiary alicyclic amines) is 1.